The summed E-state index contributed by atoms with van der Waals surface area (Å²) in [5.41, 5.74) is -0.653. The number of esters is 1. The van der Waals surface area contributed by atoms with Crippen LogP contribution in [0.2, 0.25) is 0 Å². The minimum Gasteiger partial charge on any atom is -0.459 e. The summed E-state index contributed by atoms with van der Waals surface area (Å²) >= 11 is 0. The summed E-state index contributed by atoms with van der Waals surface area (Å²) in [7, 11) is -9.66. The Kier molecular flexibility index (Phi) is 12.5. The van der Waals surface area contributed by atoms with Crippen LogP contribution < -0.4 is 0 Å². The lowest BCUT2D eigenvalue weighted by atomic mass is 9.46. The van der Waals surface area contributed by atoms with E-state index in [1.807, 2.05) is 43.3 Å². The molecular weight excluding hydrogens is 628 g/mol. The van der Waals surface area contributed by atoms with Crippen molar-refractivity contribution < 1.29 is 48.9 Å². The Morgan fingerprint density at radius 1 is 0.978 bits per heavy atom. The summed E-state index contributed by atoms with van der Waals surface area (Å²) in [6.07, 6.45) is 8.57. The number of aliphatic hydroxyl groups is 1. The topological polar surface area (TPSA) is 200 Å². The summed E-state index contributed by atoms with van der Waals surface area (Å²) in [5.74, 6) is -1.11. The fraction of sp³-hybridized carbons (Fsp3) is 0.500. The van der Waals surface area contributed by atoms with Crippen molar-refractivity contribution in [1.82, 2.24) is 9.97 Å². The van der Waals surface area contributed by atoms with Crippen LogP contribution in [0, 0.1) is 22.7 Å². The van der Waals surface area contributed by atoms with Crippen LogP contribution in [-0.2, 0) is 38.7 Å². The molecule has 2 saturated carbocycles. The van der Waals surface area contributed by atoms with Crippen LogP contribution in [0.25, 0.3) is 0 Å². The third kappa shape index (κ3) is 10.2. The average Bonchev–Trinajstić information content (AvgIpc) is 3.31. The molecule has 2 aromatic heterocycles. The maximum atomic E-state index is 11.9. The zero-order valence-electron chi connectivity index (χ0n) is 25.1. The number of pyridine rings is 2. The zero-order chi connectivity index (χ0) is 33.3. The van der Waals surface area contributed by atoms with E-state index in [4.69, 9.17) is 13.5 Å². The van der Waals surface area contributed by atoms with Gasteiger partial charge in [-0.05, 0) is 73.6 Å². The first kappa shape index (κ1) is 36.4. The molecule has 45 heavy (non-hydrogen) atoms. The zero-order valence-corrected chi connectivity index (χ0v) is 26.8. The van der Waals surface area contributed by atoms with Crippen LogP contribution in [-0.4, -0.2) is 72.4 Å². The molecule has 15 heteroatoms. The number of aromatic nitrogens is 2. The minimum atomic E-state index is -4.84. The normalized spacial score (nSPS) is 30.6. The molecule has 3 N–H and O–H groups in total. The number of ether oxygens (including phenoxy) is 1. The first-order valence-electron chi connectivity index (χ1n) is 14.3. The SMILES string of the molecule is C=C1CC[C@@H]2[C@](C)(COS(=O)(=O)O)[C@H](OS(=O)(=O)O)CC[C@@]2(C)[C@@H]1C/C=C1/C(=O)OC[C@H]1O.c1ccncc1.c1ccncc1. The Hall–Kier alpha value is -3.05. The van der Waals surface area contributed by atoms with Gasteiger partial charge >= 0.3 is 26.8 Å². The van der Waals surface area contributed by atoms with Crippen LogP contribution in [0.4, 0.5) is 0 Å². The highest BCUT2D eigenvalue weighted by Crippen LogP contribution is 2.62. The predicted molar refractivity (Wildman–Crippen MR) is 163 cm³/mol. The van der Waals surface area contributed by atoms with E-state index in [9.17, 15) is 31.3 Å². The van der Waals surface area contributed by atoms with E-state index in [0.717, 1.165) is 5.57 Å². The summed E-state index contributed by atoms with van der Waals surface area (Å²) in [5, 5.41) is 9.99. The quantitative estimate of drug-likeness (QED) is 0.167. The molecule has 248 valence electrons. The molecule has 3 fully saturated rings. The highest BCUT2D eigenvalue weighted by Gasteiger charge is 2.59. The van der Waals surface area contributed by atoms with Crippen LogP contribution in [0.3, 0.4) is 0 Å². The average molecular weight is 669 g/mol. The smallest absolute Gasteiger partial charge is 0.397 e. The van der Waals surface area contributed by atoms with Crippen molar-refractivity contribution in [3.63, 3.8) is 0 Å². The molecule has 2 aromatic rings. The highest BCUT2D eigenvalue weighted by atomic mass is 32.3. The number of carbonyl (C=O) groups excluding carboxylic acids is 1. The lowest BCUT2D eigenvalue weighted by molar-refractivity contribution is -0.139. The van der Waals surface area contributed by atoms with Gasteiger partial charge in [0.05, 0.1) is 18.3 Å². The van der Waals surface area contributed by atoms with Crippen molar-refractivity contribution in [1.29, 1.82) is 0 Å². The summed E-state index contributed by atoms with van der Waals surface area (Å²) < 4.78 is 78.5. The Morgan fingerprint density at radius 2 is 1.56 bits per heavy atom. The molecule has 0 amide bonds. The third-order valence-corrected chi connectivity index (χ3v) is 9.64. The van der Waals surface area contributed by atoms with Crippen LogP contribution >= 0.6 is 0 Å². The monoisotopic (exact) mass is 668 g/mol. The maximum Gasteiger partial charge on any atom is 0.397 e. The minimum absolute atomic E-state index is 0.101. The molecule has 5 rings (SSSR count). The number of nitrogens with zero attached hydrogens (tertiary/aromatic N) is 2. The van der Waals surface area contributed by atoms with E-state index < -0.39 is 56.4 Å². The molecule has 3 heterocycles. The second-order valence-corrected chi connectivity index (χ2v) is 13.8. The fourth-order valence-electron chi connectivity index (χ4n) is 6.66. The first-order valence-corrected chi connectivity index (χ1v) is 17.0. The molecule has 3 aliphatic rings. The fourth-order valence-corrected chi connectivity index (χ4v) is 7.67. The Bertz CT molecular complexity index is 1440. The number of cyclic esters (lactones) is 1. The van der Waals surface area contributed by atoms with Crippen molar-refractivity contribution in [2.75, 3.05) is 13.2 Å². The largest absolute Gasteiger partial charge is 0.459 e. The molecule has 6 atom stereocenters. The summed E-state index contributed by atoms with van der Waals surface area (Å²) in [6, 6.07) is 11.4. The van der Waals surface area contributed by atoms with Gasteiger partial charge in [0.25, 0.3) is 0 Å². The molecule has 1 aliphatic heterocycles. The maximum absolute atomic E-state index is 11.9. The van der Waals surface area contributed by atoms with Gasteiger partial charge in [-0.1, -0.05) is 44.2 Å². The van der Waals surface area contributed by atoms with Gasteiger partial charge in [0.15, 0.2) is 0 Å². The molecule has 2 aliphatic carbocycles. The van der Waals surface area contributed by atoms with E-state index in [1.54, 1.807) is 37.8 Å². The lowest BCUT2D eigenvalue weighted by Gasteiger charge is -2.60. The Morgan fingerprint density at radius 3 is 1.98 bits per heavy atom. The standard InChI is InChI=1S/C20H30O11S2.2C5H5N/c1-12-4-7-16-19(2,14(12)6-5-13-15(21)10-29-18(13)22)9-8-17(31-33(26,27)28)20(16,3)11-30-32(23,24)25;2*1-2-4-6-5-3-1/h5,14-17,21H,1,4,6-11H2,2-3H3,(H,23,24,25)(H,26,27,28);2*1-5H/b13-5+;;/t14-,15-,16+,17-,19+,20+;;/m1../s1. The third-order valence-electron chi connectivity index (χ3n) is 8.75. The van der Waals surface area contributed by atoms with Gasteiger partial charge in [-0.25, -0.2) is 13.2 Å². The number of hydrogen-bond acceptors (Lipinski definition) is 11. The molecule has 0 radical (unpaired) electrons. The van der Waals surface area contributed by atoms with E-state index >= 15 is 0 Å². The van der Waals surface area contributed by atoms with Crippen molar-refractivity contribution in [3.8, 4) is 0 Å². The van der Waals surface area contributed by atoms with Gasteiger partial charge < -0.3 is 9.84 Å². The van der Waals surface area contributed by atoms with Crippen molar-refractivity contribution in [3.05, 3.63) is 85.0 Å². The van der Waals surface area contributed by atoms with Gasteiger partial charge in [0, 0.05) is 30.2 Å². The van der Waals surface area contributed by atoms with Crippen molar-refractivity contribution in [2.45, 2.75) is 58.2 Å². The van der Waals surface area contributed by atoms with Gasteiger partial charge in [-0.15, -0.1) is 0 Å². The van der Waals surface area contributed by atoms with Crippen LogP contribution in [0.5, 0.6) is 0 Å². The van der Waals surface area contributed by atoms with E-state index in [1.165, 1.54) is 0 Å². The molecule has 13 nitrogen and oxygen atoms in total. The van der Waals surface area contributed by atoms with Gasteiger partial charge in [-0.3, -0.25) is 19.1 Å². The van der Waals surface area contributed by atoms with E-state index in [2.05, 4.69) is 20.7 Å². The molecular formula is C30H40N2O11S2. The number of hydrogen-bond donors (Lipinski definition) is 3. The number of fused-ring (bicyclic) bond motifs is 1. The second-order valence-electron chi connectivity index (χ2n) is 11.6. The van der Waals surface area contributed by atoms with Crippen molar-refractivity contribution in [2.24, 2.45) is 22.7 Å². The van der Waals surface area contributed by atoms with Crippen LogP contribution in [0.1, 0.15) is 46.0 Å². The van der Waals surface area contributed by atoms with Gasteiger partial charge in [0.2, 0.25) is 0 Å². The van der Waals surface area contributed by atoms with E-state index in [-0.39, 0.29) is 30.4 Å². The molecule has 0 bridgehead atoms. The second kappa shape index (κ2) is 15.5. The Labute approximate surface area is 264 Å². The number of carbonyl (C=O) groups is 1. The van der Waals surface area contributed by atoms with Crippen molar-refractivity contribution >= 4 is 26.8 Å². The van der Waals surface area contributed by atoms with Crippen LogP contribution in [0.15, 0.2) is 85.0 Å². The molecule has 0 unspecified atom stereocenters. The predicted octanol–water partition coefficient (Wildman–Crippen LogP) is 3.78. The van der Waals surface area contributed by atoms with Gasteiger partial charge in [-0.2, -0.15) is 16.8 Å². The Balaban J connectivity index is 0.000000379. The number of allylic oxidation sites excluding steroid dienone is 2. The summed E-state index contributed by atoms with van der Waals surface area (Å²) in [4.78, 5) is 19.5. The molecule has 1 saturated heterocycles. The van der Waals surface area contributed by atoms with Gasteiger partial charge in [0.1, 0.15) is 12.7 Å². The van der Waals surface area contributed by atoms with E-state index in [0.29, 0.717) is 25.7 Å². The molecule has 0 spiro atoms. The molecule has 0 aromatic carbocycles. The highest BCUT2D eigenvalue weighted by molar-refractivity contribution is 7.81. The number of rotatable bonds is 7. The lowest BCUT2D eigenvalue weighted by Crippen LogP contribution is -2.58. The number of aliphatic hydroxyl groups excluding tert-OH is 1. The summed E-state index contributed by atoms with van der Waals surface area (Å²) in [6.45, 7) is 7.11. The first-order chi connectivity index (χ1) is 21.1.